The van der Waals surface area contributed by atoms with Crippen LogP contribution in [0.3, 0.4) is 0 Å². The van der Waals surface area contributed by atoms with E-state index in [0.29, 0.717) is 6.42 Å². The lowest BCUT2D eigenvalue weighted by molar-refractivity contribution is -0.122. The van der Waals surface area contributed by atoms with Crippen molar-refractivity contribution in [3.8, 4) is 5.75 Å². The number of amides is 1. The zero-order chi connectivity index (χ0) is 22.1. The van der Waals surface area contributed by atoms with Crippen molar-refractivity contribution in [2.75, 3.05) is 19.8 Å². The van der Waals surface area contributed by atoms with Gasteiger partial charge in [-0.25, -0.2) is 8.42 Å². The molecule has 30 heavy (non-hydrogen) atoms. The van der Waals surface area contributed by atoms with Gasteiger partial charge in [0.05, 0.1) is 17.5 Å². The Morgan fingerprint density at radius 2 is 1.90 bits per heavy atom. The van der Waals surface area contributed by atoms with Crippen molar-refractivity contribution >= 4 is 27.7 Å². The van der Waals surface area contributed by atoms with E-state index in [1.807, 2.05) is 45.2 Å². The zero-order valence-electron chi connectivity index (χ0n) is 17.9. The summed E-state index contributed by atoms with van der Waals surface area (Å²) in [7, 11) is -2.33. The van der Waals surface area contributed by atoms with Crippen molar-refractivity contribution < 1.29 is 17.9 Å². The molecule has 0 saturated carbocycles. The Hall–Kier alpha value is -2.03. The summed E-state index contributed by atoms with van der Waals surface area (Å²) in [5.74, 6) is 0.397. The highest BCUT2D eigenvalue weighted by Crippen LogP contribution is 2.39. The van der Waals surface area contributed by atoms with Gasteiger partial charge in [0, 0.05) is 23.9 Å². The fraction of sp³-hybridized carbons (Fsp3) is 0.409. The molecule has 8 heteroatoms. The SMILES string of the molecule is CSc1ccc(S(=O)(=O)N(C)CC(=O)NC2CC(C)(C)Oc3ccc(C)cc32)cc1. The van der Waals surface area contributed by atoms with E-state index in [2.05, 4.69) is 5.32 Å². The number of likely N-dealkylation sites (N-methyl/N-ethyl adjacent to an activating group) is 1. The molecule has 0 aliphatic carbocycles. The molecular weight excluding hydrogens is 420 g/mol. The van der Waals surface area contributed by atoms with E-state index >= 15 is 0 Å². The summed E-state index contributed by atoms with van der Waals surface area (Å²) >= 11 is 1.54. The largest absolute Gasteiger partial charge is 0.487 e. The fourth-order valence-corrected chi connectivity index (χ4v) is 5.09. The summed E-state index contributed by atoms with van der Waals surface area (Å²) in [6.07, 6.45) is 2.53. The van der Waals surface area contributed by atoms with Gasteiger partial charge in [-0.05, 0) is 57.4 Å². The second-order valence-corrected chi connectivity index (χ2v) is 11.1. The van der Waals surface area contributed by atoms with E-state index in [1.54, 1.807) is 24.3 Å². The van der Waals surface area contributed by atoms with Crippen molar-refractivity contribution in [2.45, 2.75) is 48.6 Å². The monoisotopic (exact) mass is 448 g/mol. The van der Waals surface area contributed by atoms with E-state index in [0.717, 1.165) is 26.1 Å². The van der Waals surface area contributed by atoms with Crippen molar-refractivity contribution in [3.05, 3.63) is 53.6 Å². The third kappa shape index (κ3) is 4.99. The van der Waals surface area contributed by atoms with Crippen LogP contribution in [0, 0.1) is 6.92 Å². The van der Waals surface area contributed by atoms with Gasteiger partial charge >= 0.3 is 0 Å². The predicted molar refractivity (Wildman–Crippen MR) is 119 cm³/mol. The maximum absolute atomic E-state index is 12.8. The van der Waals surface area contributed by atoms with Crippen LogP contribution in [0.2, 0.25) is 0 Å². The van der Waals surface area contributed by atoms with E-state index in [1.165, 1.54) is 18.8 Å². The minimum absolute atomic E-state index is 0.170. The standard InChI is InChI=1S/C22H28N2O4S2/c1-15-6-11-20-18(12-15)19(13-22(2,3)28-20)23-21(25)14-24(4)30(26,27)17-9-7-16(29-5)8-10-17/h6-12,19H,13-14H2,1-5H3,(H,23,25). The molecule has 1 aliphatic heterocycles. The molecule has 3 rings (SSSR count). The number of ether oxygens (including phenoxy) is 1. The van der Waals surface area contributed by atoms with Crippen LogP contribution >= 0.6 is 11.8 Å². The zero-order valence-corrected chi connectivity index (χ0v) is 19.6. The molecule has 0 radical (unpaired) electrons. The number of sulfonamides is 1. The summed E-state index contributed by atoms with van der Waals surface area (Å²) in [6, 6.07) is 12.3. The smallest absolute Gasteiger partial charge is 0.243 e. The minimum Gasteiger partial charge on any atom is -0.487 e. The first-order chi connectivity index (χ1) is 14.0. The normalized spacial score (nSPS) is 17.9. The van der Waals surface area contributed by atoms with Crippen LogP contribution in [-0.4, -0.2) is 44.1 Å². The fourth-order valence-electron chi connectivity index (χ4n) is 3.56. The highest BCUT2D eigenvalue weighted by atomic mass is 32.2. The molecule has 1 N–H and O–H groups in total. The van der Waals surface area contributed by atoms with E-state index < -0.39 is 15.6 Å². The molecule has 0 bridgehead atoms. The number of carbonyl (C=O) groups is 1. The molecule has 0 saturated heterocycles. The third-order valence-electron chi connectivity index (χ3n) is 5.09. The Morgan fingerprint density at radius 3 is 2.53 bits per heavy atom. The van der Waals surface area contributed by atoms with Crippen LogP contribution in [0.5, 0.6) is 5.75 Å². The molecule has 1 amide bonds. The molecular formula is C22H28N2O4S2. The quantitative estimate of drug-likeness (QED) is 0.681. The van der Waals surface area contributed by atoms with Crippen molar-refractivity contribution in [3.63, 3.8) is 0 Å². The molecule has 2 aromatic rings. The van der Waals surface area contributed by atoms with Gasteiger partial charge in [0.2, 0.25) is 15.9 Å². The van der Waals surface area contributed by atoms with Crippen LogP contribution in [-0.2, 0) is 14.8 Å². The topological polar surface area (TPSA) is 75.7 Å². The molecule has 162 valence electrons. The molecule has 2 aromatic carbocycles. The summed E-state index contributed by atoms with van der Waals surface area (Å²) in [5, 5.41) is 3.00. The number of aryl methyl sites for hydroxylation is 1. The lowest BCUT2D eigenvalue weighted by Crippen LogP contribution is -2.44. The highest BCUT2D eigenvalue weighted by Gasteiger charge is 2.35. The third-order valence-corrected chi connectivity index (χ3v) is 7.65. The van der Waals surface area contributed by atoms with Crippen LogP contribution in [0.15, 0.2) is 52.3 Å². The number of nitrogens with zero attached hydrogens (tertiary/aromatic N) is 1. The molecule has 1 atom stereocenters. The maximum Gasteiger partial charge on any atom is 0.243 e. The van der Waals surface area contributed by atoms with Gasteiger partial charge in [-0.2, -0.15) is 4.31 Å². The second-order valence-electron chi connectivity index (χ2n) is 8.16. The molecule has 0 spiro atoms. The van der Waals surface area contributed by atoms with Crippen molar-refractivity contribution in [1.82, 2.24) is 9.62 Å². The van der Waals surface area contributed by atoms with E-state index in [4.69, 9.17) is 4.74 Å². The highest BCUT2D eigenvalue weighted by molar-refractivity contribution is 7.98. The number of benzene rings is 2. The molecule has 1 heterocycles. The minimum atomic E-state index is -3.75. The molecule has 0 fully saturated rings. The van der Waals surface area contributed by atoms with Gasteiger partial charge in [0.15, 0.2) is 0 Å². The van der Waals surface area contributed by atoms with Gasteiger partial charge < -0.3 is 10.1 Å². The summed E-state index contributed by atoms with van der Waals surface area (Å²) in [5.41, 5.74) is 1.56. The van der Waals surface area contributed by atoms with Crippen LogP contribution in [0.1, 0.15) is 37.4 Å². The number of hydrogen-bond acceptors (Lipinski definition) is 5. The first kappa shape index (κ1) is 22.7. The van der Waals surface area contributed by atoms with Gasteiger partial charge in [-0.3, -0.25) is 4.79 Å². The Balaban J connectivity index is 1.74. The number of carbonyl (C=O) groups excluding carboxylic acids is 1. The predicted octanol–water partition coefficient (Wildman–Crippen LogP) is 3.76. The van der Waals surface area contributed by atoms with Gasteiger partial charge in [0.25, 0.3) is 0 Å². The number of nitrogens with one attached hydrogen (secondary N) is 1. The average Bonchev–Trinajstić information content (AvgIpc) is 2.67. The number of hydrogen-bond donors (Lipinski definition) is 1. The van der Waals surface area contributed by atoms with Crippen LogP contribution in [0.25, 0.3) is 0 Å². The number of rotatable bonds is 6. The summed E-state index contributed by atoms with van der Waals surface area (Å²) in [4.78, 5) is 13.9. The Labute approximate surface area is 183 Å². The van der Waals surface area contributed by atoms with Gasteiger partial charge in [0.1, 0.15) is 11.4 Å². The average molecular weight is 449 g/mol. The number of fused-ring (bicyclic) bond motifs is 1. The van der Waals surface area contributed by atoms with Gasteiger partial charge in [-0.1, -0.05) is 17.7 Å². The molecule has 1 aliphatic rings. The number of thioether (sulfide) groups is 1. The summed E-state index contributed by atoms with van der Waals surface area (Å²) in [6.45, 7) is 5.68. The Kier molecular flexibility index (Phi) is 6.50. The van der Waals surface area contributed by atoms with Crippen molar-refractivity contribution in [2.24, 2.45) is 0 Å². The summed E-state index contributed by atoms with van der Waals surface area (Å²) < 4.78 is 32.8. The Bertz CT molecular complexity index is 1030. The second kappa shape index (κ2) is 8.61. The lowest BCUT2D eigenvalue weighted by Gasteiger charge is -2.38. The Morgan fingerprint density at radius 1 is 1.23 bits per heavy atom. The van der Waals surface area contributed by atoms with Gasteiger partial charge in [-0.15, -0.1) is 11.8 Å². The molecule has 0 aromatic heterocycles. The lowest BCUT2D eigenvalue weighted by atomic mass is 9.89. The van der Waals surface area contributed by atoms with Crippen molar-refractivity contribution in [1.29, 1.82) is 0 Å². The molecule has 6 nitrogen and oxygen atoms in total. The molecule has 1 unspecified atom stereocenters. The maximum atomic E-state index is 12.8. The first-order valence-corrected chi connectivity index (χ1v) is 12.4. The van der Waals surface area contributed by atoms with Crippen LogP contribution in [0.4, 0.5) is 0 Å². The van der Waals surface area contributed by atoms with E-state index in [9.17, 15) is 13.2 Å². The van der Waals surface area contributed by atoms with Crippen LogP contribution < -0.4 is 10.1 Å². The first-order valence-electron chi connectivity index (χ1n) is 9.71. The van der Waals surface area contributed by atoms with E-state index in [-0.39, 0.29) is 23.4 Å².